The van der Waals surface area contributed by atoms with E-state index in [9.17, 15) is 31.1 Å². The summed E-state index contributed by atoms with van der Waals surface area (Å²) in [7, 11) is 0. The van der Waals surface area contributed by atoms with Gasteiger partial charge < -0.3 is 9.42 Å². The van der Waals surface area contributed by atoms with E-state index in [-0.39, 0.29) is 41.8 Å². The van der Waals surface area contributed by atoms with Gasteiger partial charge in [-0.3, -0.25) is 4.79 Å². The lowest BCUT2D eigenvalue weighted by Crippen LogP contribution is -2.48. The van der Waals surface area contributed by atoms with Gasteiger partial charge in [-0.2, -0.15) is 31.3 Å². The Kier molecular flexibility index (Phi) is 4.98. The van der Waals surface area contributed by atoms with Crippen LogP contribution in [0.5, 0.6) is 0 Å². The highest BCUT2D eigenvalue weighted by molar-refractivity contribution is 5.95. The number of aromatic nitrogens is 2. The second-order valence-corrected chi connectivity index (χ2v) is 7.02. The molecule has 162 valence electrons. The van der Waals surface area contributed by atoms with Crippen LogP contribution >= 0.6 is 0 Å². The molecule has 1 aliphatic heterocycles. The maximum Gasteiger partial charge on any atom is 0.416 e. The molecular formula is C20H13F6N3O2. The number of hydrogen-bond acceptors (Lipinski definition) is 4. The molecule has 0 radical (unpaired) electrons. The van der Waals surface area contributed by atoms with Crippen LogP contribution in [-0.4, -0.2) is 34.0 Å². The zero-order chi connectivity index (χ0) is 22.4. The van der Waals surface area contributed by atoms with E-state index in [2.05, 4.69) is 10.1 Å². The molecule has 1 aliphatic rings. The number of alkyl halides is 6. The Bertz CT molecular complexity index is 1120. The third-order valence-electron chi connectivity index (χ3n) is 4.84. The molecule has 1 aromatic heterocycles. The minimum atomic E-state index is -4.56. The summed E-state index contributed by atoms with van der Waals surface area (Å²) in [5, 5.41) is 3.70. The van der Waals surface area contributed by atoms with Crippen LogP contribution in [0, 0.1) is 0 Å². The number of nitrogens with zero attached hydrogens (tertiary/aromatic N) is 3. The van der Waals surface area contributed by atoms with Gasteiger partial charge in [-0.25, -0.2) is 0 Å². The van der Waals surface area contributed by atoms with Crippen molar-refractivity contribution >= 4 is 5.91 Å². The zero-order valence-corrected chi connectivity index (χ0v) is 15.5. The highest BCUT2D eigenvalue weighted by Crippen LogP contribution is 2.34. The number of halogens is 6. The van der Waals surface area contributed by atoms with Crippen molar-refractivity contribution < 1.29 is 35.7 Å². The molecule has 11 heteroatoms. The number of benzene rings is 2. The molecule has 1 amide bonds. The first kappa shape index (κ1) is 20.9. The Hall–Kier alpha value is -3.37. The SMILES string of the molecule is O=C(c1cccc(C(F)(F)F)c1)N1CC(c2nc(-c3cccc(C(F)(F)F)c3)no2)C1. The minimum absolute atomic E-state index is 0.0243. The lowest BCUT2D eigenvalue weighted by molar-refractivity contribution is -0.138. The maximum absolute atomic E-state index is 12.9. The van der Waals surface area contributed by atoms with E-state index in [4.69, 9.17) is 4.52 Å². The molecule has 0 N–H and O–H groups in total. The van der Waals surface area contributed by atoms with Crippen LogP contribution in [0.25, 0.3) is 11.4 Å². The Labute approximate surface area is 171 Å². The third-order valence-corrected chi connectivity index (χ3v) is 4.84. The summed E-state index contributed by atoms with van der Waals surface area (Å²) in [6, 6.07) is 8.58. The van der Waals surface area contributed by atoms with Crippen LogP contribution in [-0.2, 0) is 12.4 Å². The Morgan fingerprint density at radius 3 is 2.19 bits per heavy atom. The molecule has 0 unspecified atom stereocenters. The molecule has 5 nitrogen and oxygen atoms in total. The van der Waals surface area contributed by atoms with Gasteiger partial charge in [0, 0.05) is 24.2 Å². The van der Waals surface area contributed by atoms with E-state index in [1.807, 2.05) is 0 Å². The highest BCUT2D eigenvalue weighted by Gasteiger charge is 2.37. The summed E-state index contributed by atoms with van der Waals surface area (Å²) in [5.74, 6) is -0.814. The fourth-order valence-corrected chi connectivity index (χ4v) is 3.16. The van der Waals surface area contributed by atoms with E-state index < -0.39 is 29.4 Å². The van der Waals surface area contributed by atoms with Crippen molar-refractivity contribution in [2.24, 2.45) is 0 Å². The fraction of sp³-hybridized carbons (Fsp3) is 0.250. The number of amides is 1. The lowest BCUT2D eigenvalue weighted by Gasteiger charge is -2.37. The summed E-state index contributed by atoms with van der Waals surface area (Å²) >= 11 is 0. The molecule has 31 heavy (non-hydrogen) atoms. The minimum Gasteiger partial charge on any atom is -0.339 e. The number of carbonyl (C=O) groups is 1. The Morgan fingerprint density at radius 2 is 1.55 bits per heavy atom. The van der Waals surface area contributed by atoms with Gasteiger partial charge in [-0.05, 0) is 30.3 Å². The van der Waals surface area contributed by atoms with Gasteiger partial charge in [0.05, 0.1) is 17.0 Å². The molecule has 2 aromatic carbocycles. The van der Waals surface area contributed by atoms with Gasteiger partial charge in [0.1, 0.15) is 0 Å². The highest BCUT2D eigenvalue weighted by atomic mass is 19.4. The molecule has 1 fully saturated rings. The summed E-state index contributed by atoms with van der Waals surface area (Å²) in [6.07, 6.45) is -9.07. The smallest absolute Gasteiger partial charge is 0.339 e. The van der Waals surface area contributed by atoms with Crippen molar-refractivity contribution in [3.05, 3.63) is 71.1 Å². The lowest BCUT2D eigenvalue weighted by atomic mass is 9.98. The van der Waals surface area contributed by atoms with Crippen molar-refractivity contribution in [2.75, 3.05) is 13.1 Å². The number of hydrogen-bond donors (Lipinski definition) is 0. The van der Waals surface area contributed by atoms with Gasteiger partial charge in [0.25, 0.3) is 5.91 Å². The molecular weight excluding hydrogens is 428 g/mol. The fourth-order valence-electron chi connectivity index (χ4n) is 3.16. The van der Waals surface area contributed by atoms with Crippen molar-refractivity contribution in [1.82, 2.24) is 15.0 Å². The van der Waals surface area contributed by atoms with Crippen LogP contribution in [0.4, 0.5) is 26.3 Å². The summed E-state index contributed by atoms with van der Waals surface area (Å²) in [5.41, 5.74) is -1.74. The van der Waals surface area contributed by atoms with E-state index in [1.165, 1.54) is 23.1 Å². The molecule has 0 bridgehead atoms. The van der Waals surface area contributed by atoms with E-state index >= 15 is 0 Å². The second-order valence-electron chi connectivity index (χ2n) is 7.02. The topological polar surface area (TPSA) is 59.2 Å². The first-order valence-corrected chi connectivity index (χ1v) is 9.00. The molecule has 2 heterocycles. The quantitative estimate of drug-likeness (QED) is 0.536. The monoisotopic (exact) mass is 441 g/mol. The first-order chi connectivity index (χ1) is 14.5. The molecule has 0 spiro atoms. The van der Waals surface area contributed by atoms with Crippen molar-refractivity contribution in [2.45, 2.75) is 18.3 Å². The molecule has 0 saturated carbocycles. The van der Waals surface area contributed by atoms with Crippen LogP contribution in [0.1, 0.15) is 33.3 Å². The van der Waals surface area contributed by atoms with Crippen LogP contribution in [0.3, 0.4) is 0 Å². The number of rotatable bonds is 3. The molecule has 1 saturated heterocycles. The van der Waals surface area contributed by atoms with Gasteiger partial charge in [0.2, 0.25) is 11.7 Å². The average molecular weight is 441 g/mol. The summed E-state index contributed by atoms with van der Waals surface area (Å²) < 4.78 is 82.2. The normalized spacial score (nSPS) is 15.1. The largest absolute Gasteiger partial charge is 0.416 e. The summed E-state index contributed by atoms with van der Waals surface area (Å²) in [6.45, 7) is 0.276. The second kappa shape index (κ2) is 7.40. The molecule has 0 aliphatic carbocycles. The first-order valence-electron chi connectivity index (χ1n) is 9.00. The van der Waals surface area contributed by atoms with E-state index in [1.54, 1.807) is 0 Å². The van der Waals surface area contributed by atoms with Crippen molar-refractivity contribution in [1.29, 1.82) is 0 Å². The summed E-state index contributed by atoms with van der Waals surface area (Å²) in [4.78, 5) is 17.9. The average Bonchev–Trinajstić information content (AvgIpc) is 3.15. The van der Waals surface area contributed by atoms with Gasteiger partial charge in [-0.15, -0.1) is 0 Å². The predicted octanol–water partition coefficient (Wildman–Crippen LogP) is 5.01. The van der Waals surface area contributed by atoms with Crippen LogP contribution in [0.15, 0.2) is 53.1 Å². The van der Waals surface area contributed by atoms with E-state index in [0.29, 0.717) is 0 Å². The van der Waals surface area contributed by atoms with E-state index in [0.717, 1.165) is 30.3 Å². The van der Waals surface area contributed by atoms with Gasteiger partial charge in [-0.1, -0.05) is 23.4 Å². The maximum atomic E-state index is 12.9. The predicted molar refractivity (Wildman–Crippen MR) is 94.8 cm³/mol. The van der Waals surface area contributed by atoms with Crippen LogP contribution in [0.2, 0.25) is 0 Å². The molecule has 4 rings (SSSR count). The van der Waals surface area contributed by atoms with Gasteiger partial charge in [0.15, 0.2) is 0 Å². The molecule has 3 aromatic rings. The number of carbonyl (C=O) groups excluding carboxylic acids is 1. The van der Waals surface area contributed by atoms with Gasteiger partial charge >= 0.3 is 12.4 Å². The standard InChI is InChI=1S/C20H13F6N3O2/c21-19(22,23)14-5-1-3-11(7-14)16-27-17(31-28-16)13-9-29(10-13)18(30)12-4-2-6-15(8-12)20(24,25)26/h1-8,13H,9-10H2. The zero-order valence-electron chi connectivity index (χ0n) is 15.5. The Balaban J connectivity index is 1.44. The van der Waals surface area contributed by atoms with Crippen molar-refractivity contribution in [3.63, 3.8) is 0 Å². The number of likely N-dealkylation sites (tertiary alicyclic amines) is 1. The van der Waals surface area contributed by atoms with Crippen LogP contribution < -0.4 is 0 Å². The third kappa shape index (κ3) is 4.25. The molecule has 0 atom stereocenters. The van der Waals surface area contributed by atoms with Crippen molar-refractivity contribution in [3.8, 4) is 11.4 Å². The Morgan fingerprint density at radius 1 is 0.935 bits per heavy atom.